The Hall–Kier alpha value is -1.87. The maximum Gasteiger partial charge on any atom is 0.228 e. The van der Waals surface area contributed by atoms with Crippen LogP contribution in [0.1, 0.15) is 17.9 Å². The number of hydrogen-bond donors (Lipinski definition) is 1. The molecule has 2 atom stereocenters. The Morgan fingerprint density at radius 2 is 2.05 bits per heavy atom. The van der Waals surface area contributed by atoms with Crippen LogP contribution >= 0.6 is 11.6 Å². The molecule has 3 rings (SSSR count). The lowest BCUT2D eigenvalue weighted by Gasteiger charge is -2.04. The highest BCUT2D eigenvalue weighted by molar-refractivity contribution is 6.30. The number of aromatic nitrogens is 1. The molecule has 19 heavy (non-hydrogen) atoms. The average Bonchev–Trinajstić information content (AvgIpc) is 3.20. The Labute approximate surface area is 116 Å². The summed E-state index contributed by atoms with van der Waals surface area (Å²) in [5, 5.41) is 3.38. The maximum absolute atomic E-state index is 12.1. The summed E-state index contributed by atoms with van der Waals surface area (Å²) in [6.07, 6.45) is 4.05. The van der Waals surface area contributed by atoms with Gasteiger partial charge in [0.05, 0.1) is 16.9 Å². The van der Waals surface area contributed by atoms with Gasteiger partial charge in [-0.1, -0.05) is 41.9 Å². The van der Waals surface area contributed by atoms with Crippen LogP contribution < -0.4 is 5.32 Å². The second-order valence-electron chi connectivity index (χ2n) is 4.74. The minimum atomic E-state index is 0.0397. The number of halogens is 1. The number of benzene rings is 1. The molecule has 1 aromatic carbocycles. The molecule has 1 aliphatic carbocycles. The monoisotopic (exact) mass is 272 g/mol. The Bertz CT molecular complexity index is 600. The highest BCUT2D eigenvalue weighted by Gasteiger charge is 2.43. The van der Waals surface area contributed by atoms with Crippen LogP contribution in [0.4, 0.5) is 5.69 Å². The van der Waals surface area contributed by atoms with Gasteiger partial charge in [0.2, 0.25) is 5.91 Å². The molecule has 1 heterocycles. The molecular formula is C15H13ClN2O. The van der Waals surface area contributed by atoms with E-state index in [2.05, 4.69) is 22.4 Å². The maximum atomic E-state index is 12.1. The number of hydrogen-bond acceptors (Lipinski definition) is 2. The van der Waals surface area contributed by atoms with Gasteiger partial charge in [-0.15, -0.1) is 0 Å². The number of nitrogens with one attached hydrogen (secondary N) is 1. The number of carbonyl (C=O) groups is 1. The summed E-state index contributed by atoms with van der Waals surface area (Å²) in [6, 6.07) is 11.8. The van der Waals surface area contributed by atoms with Crippen molar-refractivity contribution in [1.82, 2.24) is 4.98 Å². The first-order valence-electron chi connectivity index (χ1n) is 6.20. The van der Waals surface area contributed by atoms with Crippen molar-refractivity contribution in [2.75, 3.05) is 5.32 Å². The van der Waals surface area contributed by atoms with E-state index in [0.717, 1.165) is 6.42 Å². The zero-order valence-corrected chi connectivity index (χ0v) is 11.0. The molecular weight excluding hydrogens is 260 g/mol. The molecule has 1 amide bonds. The van der Waals surface area contributed by atoms with Gasteiger partial charge in [0, 0.05) is 12.1 Å². The van der Waals surface area contributed by atoms with E-state index in [-0.39, 0.29) is 11.8 Å². The summed E-state index contributed by atoms with van der Waals surface area (Å²) in [5.74, 6) is 0.438. The molecule has 1 N–H and O–H groups in total. The molecule has 0 radical (unpaired) electrons. The summed E-state index contributed by atoms with van der Waals surface area (Å²) in [7, 11) is 0. The van der Waals surface area contributed by atoms with Crippen LogP contribution in [0.25, 0.3) is 0 Å². The SMILES string of the molecule is O=C(Nc1cncc(Cl)c1)[C@H]1C[C@H]1c1ccccc1. The molecule has 1 aliphatic rings. The Morgan fingerprint density at radius 3 is 2.79 bits per heavy atom. The van der Waals surface area contributed by atoms with Gasteiger partial charge >= 0.3 is 0 Å². The van der Waals surface area contributed by atoms with Crippen molar-refractivity contribution in [1.29, 1.82) is 0 Å². The molecule has 1 saturated carbocycles. The standard InChI is InChI=1S/C15H13ClN2O/c16-11-6-12(9-17-8-11)18-15(19)14-7-13(14)10-4-2-1-3-5-10/h1-6,8-9,13-14H,7H2,(H,18,19)/t13-,14-/m0/s1. The van der Waals surface area contributed by atoms with Crippen LogP contribution in [0.15, 0.2) is 48.8 Å². The van der Waals surface area contributed by atoms with Crippen LogP contribution in [0.3, 0.4) is 0 Å². The zero-order chi connectivity index (χ0) is 13.2. The molecule has 4 heteroatoms. The number of carbonyl (C=O) groups excluding carboxylic acids is 1. The van der Waals surface area contributed by atoms with Gasteiger partial charge in [-0.05, 0) is 24.0 Å². The van der Waals surface area contributed by atoms with E-state index < -0.39 is 0 Å². The second kappa shape index (κ2) is 5.02. The van der Waals surface area contributed by atoms with E-state index in [1.807, 2.05) is 18.2 Å². The van der Waals surface area contributed by atoms with E-state index in [4.69, 9.17) is 11.6 Å². The fraction of sp³-hybridized carbons (Fsp3) is 0.200. The highest BCUT2D eigenvalue weighted by Crippen LogP contribution is 2.47. The third-order valence-corrected chi connectivity index (χ3v) is 3.53. The highest BCUT2D eigenvalue weighted by atomic mass is 35.5. The molecule has 0 saturated heterocycles. The molecule has 1 fully saturated rings. The fourth-order valence-electron chi connectivity index (χ4n) is 2.27. The number of anilines is 1. The molecule has 2 aromatic rings. The number of pyridine rings is 1. The molecule has 0 unspecified atom stereocenters. The summed E-state index contributed by atoms with van der Waals surface area (Å²) < 4.78 is 0. The topological polar surface area (TPSA) is 42.0 Å². The van der Waals surface area contributed by atoms with Gasteiger partial charge < -0.3 is 5.32 Å². The van der Waals surface area contributed by atoms with Crippen LogP contribution in [0, 0.1) is 5.92 Å². The minimum Gasteiger partial charge on any atom is -0.324 e. The lowest BCUT2D eigenvalue weighted by molar-refractivity contribution is -0.117. The van der Waals surface area contributed by atoms with Crippen LogP contribution in [0.5, 0.6) is 0 Å². The average molecular weight is 273 g/mol. The fourth-order valence-corrected chi connectivity index (χ4v) is 2.44. The zero-order valence-electron chi connectivity index (χ0n) is 10.2. The smallest absolute Gasteiger partial charge is 0.228 e. The Morgan fingerprint density at radius 1 is 1.26 bits per heavy atom. The predicted octanol–water partition coefficient (Wildman–Crippen LogP) is 3.48. The van der Waals surface area contributed by atoms with Gasteiger partial charge in [-0.3, -0.25) is 9.78 Å². The number of rotatable bonds is 3. The van der Waals surface area contributed by atoms with E-state index in [1.165, 1.54) is 5.56 Å². The van der Waals surface area contributed by atoms with E-state index in [0.29, 0.717) is 16.6 Å². The van der Waals surface area contributed by atoms with E-state index >= 15 is 0 Å². The lowest BCUT2D eigenvalue weighted by atomic mass is 10.1. The molecule has 3 nitrogen and oxygen atoms in total. The quantitative estimate of drug-likeness (QED) is 0.929. The van der Waals surface area contributed by atoms with Gasteiger partial charge in [0.15, 0.2) is 0 Å². The van der Waals surface area contributed by atoms with Crippen molar-refractivity contribution in [2.45, 2.75) is 12.3 Å². The van der Waals surface area contributed by atoms with E-state index in [1.54, 1.807) is 18.5 Å². The van der Waals surface area contributed by atoms with Gasteiger partial charge in [0.25, 0.3) is 0 Å². The first-order valence-corrected chi connectivity index (χ1v) is 6.58. The summed E-state index contributed by atoms with van der Waals surface area (Å²) in [5.41, 5.74) is 1.88. The van der Waals surface area contributed by atoms with Crippen molar-refractivity contribution < 1.29 is 4.79 Å². The summed E-state index contributed by atoms with van der Waals surface area (Å²) >= 11 is 5.83. The lowest BCUT2D eigenvalue weighted by Crippen LogP contribution is -2.14. The third-order valence-electron chi connectivity index (χ3n) is 3.33. The normalized spacial score (nSPS) is 20.9. The van der Waals surface area contributed by atoms with Gasteiger partial charge in [-0.25, -0.2) is 0 Å². The van der Waals surface area contributed by atoms with Crippen molar-refractivity contribution in [3.63, 3.8) is 0 Å². The first kappa shape index (κ1) is 12.2. The summed E-state index contributed by atoms with van der Waals surface area (Å²) in [6.45, 7) is 0. The number of amides is 1. The van der Waals surface area contributed by atoms with Crippen molar-refractivity contribution in [2.24, 2.45) is 5.92 Å². The minimum absolute atomic E-state index is 0.0397. The predicted molar refractivity (Wildman–Crippen MR) is 75.2 cm³/mol. The summed E-state index contributed by atoms with van der Waals surface area (Å²) in [4.78, 5) is 16.0. The van der Waals surface area contributed by atoms with Gasteiger partial charge in [0.1, 0.15) is 0 Å². The largest absolute Gasteiger partial charge is 0.324 e. The number of nitrogens with zero attached hydrogens (tertiary/aromatic N) is 1. The van der Waals surface area contributed by atoms with Crippen LogP contribution in [-0.2, 0) is 4.79 Å². The third kappa shape index (κ3) is 2.76. The molecule has 0 spiro atoms. The molecule has 0 aliphatic heterocycles. The molecule has 0 bridgehead atoms. The van der Waals surface area contributed by atoms with E-state index in [9.17, 15) is 4.79 Å². The van der Waals surface area contributed by atoms with Crippen molar-refractivity contribution in [3.05, 3.63) is 59.4 Å². The van der Waals surface area contributed by atoms with Gasteiger partial charge in [-0.2, -0.15) is 0 Å². The first-order chi connectivity index (χ1) is 9.24. The van der Waals surface area contributed by atoms with Crippen LogP contribution in [-0.4, -0.2) is 10.9 Å². The Kier molecular flexibility index (Phi) is 3.22. The van der Waals surface area contributed by atoms with Crippen molar-refractivity contribution >= 4 is 23.2 Å². The second-order valence-corrected chi connectivity index (χ2v) is 5.18. The van der Waals surface area contributed by atoms with Crippen LogP contribution in [0.2, 0.25) is 5.02 Å². The Balaban J connectivity index is 1.64. The van der Waals surface area contributed by atoms with Crippen molar-refractivity contribution in [3.8, 4) is 0 Å². The molecule has 1 aromatic heterocycles. The molecule has 96 valence electrons.